The topological polar surface area (TPSA) is 111 Å². The zero-order valence-corrected chi connectivity index (χ0v) is 25.5. The molecule has 3 rings (SSSR count). The van der Waals surface area contributed by atoms with Gasteiger partial charge in [-0.25, -0.2) is 14.6 Å². The number of para-hydroxylation sites is 1. The summed E-state index contributed by atoms with van der Waals surface area (Å²) in [5, 5.41) is 0.461. The normalized spacial score (nSPS) is 17.1. The lowest BCUT2D eigenvalue weighted by atomic mass is 10.1. The van der Waals surface area contributed by atoms with Crippen LogP contribution in [0.3, 0.4) is 0 Å². The number of amides is 2. The summed E-state index contributed by atoms with van der Waals surface area (Å²) in [7, 11) is 0. The van der Waals surface area contributed by atoms with E-state index in [9.17, 15) is 19.2 Å². The van der Waals surface area contributed by atoms with Gasteiger partial charge in [-0.15, -0.1) is 0 Å². The zero-order chi connectivity index (χ0) is 30.2. The second kappa shape index (κ2) is 14.5. The first-order valence-corrected chi connectivity index (χ1v) is 14.9. The molecule has 0 bridgehead atoms. The van der Waals surface area contributed by atoms with Gasteiger partial charge in [0.1, 0.15) is 24.0 Å². The summed E-state index contributed by atoms with van der Waals surface area (Å²) in [5.74, 6) is -0.219. The van der Waals surface area contributed by atoms with Crippen molar-refractivity contribution in [2.45, 2.75) is 111 Å². The summed E-state index contributed by atoms with van der Waals surface area (Å²) < 4.78 is 12.3. The van der Waals surface area contributed by atoms with Gasteiger partial charge < -0.3 is 14.4 Å². The third-order valence-corrected chi connectivity index (χ3v) is 7.28. The summed E-state index contributed by atoms with van der Waals surface area (Å²) in [6, 6.07) is 5.84. The maximum absolute atomic E-state index is 14.0. The molecule has 0 aliphatic carbocycles. The second-order valence-electron chi connectivity index (χ2n) is 11.6. The molecule has 1 aromatic heterocycles. The maximum atomic E-state index is 14.0. The predicted octanol–water partition coefficient (Wildman–Crippen LogP) is 4.70. The molecule has 0 N–H and O–H groups in total. The van der Waals surface area contributed by atoms with Gasteiger partial charge in [-0.1, -0.05) is 51.7 Å². The molecule has 2 amide bonds. The van der Waals surface area contributed by atoms with Crippen LogP contribution < -0.4 is 5.56 Å². The predicted molar refractivity (Wildman–Crippen MR) is 158 cm³/mol. The Kier molecular flexibility index (Phi) is 11.3. The smallest absolute Gasteiger partial charge is 0.411 e. The van der Waals surface area contributed by atoms with Crippen LogP contribution in [0.2, 0.25) is 0 Å². The highest BCUT2D eigenvalue weighted by molar-refractivity contribution is 5.83. The second-order valence-corrected chi connectivity index (χ2v) is 11.6. The van der Waals surface area contributed by atoms with Crippen LogP contribution in [0.4, 0.5) is 4.79 Å². The Morgan fingerprint density at radius 1 is 1.05 bits per heavy atom. The monoisotopic (exact) mass is 570 g/mol. The van der Waals surface area contributed by atoms with E-state index >= 15 is 0 Å². The Morgan fingerprint density at radius 3 is 2.41 bits per heavy atom. The molecule has 0 saturated carbocycles. The van der Waals surface area contributed by atoms with E-state index in [0.29, 0.717) is 29.7 Å². The first kappa shape index (κ1) is 32.1. The molecule has 226 valence electrons. The molecule has 2 atom stereocenters. The molecule has 0 unspecified atom stereocenters. The molecule has 0 radical (unpaired) electrons. The number of hydrogen-bond acceptors (Lipinski definition) is 7. The third-order valence-electron chi connectivity index (χ3n) is 7.28. The highest BCUT2D eigenvalue weighted by Crippen LogP contribution is 2.27. The fourth-order valence-electron chi connectivity index (χ4n) is 5.29. The summed E-state index contributed by atoms with van der Waals surface area (Å²) in [5.41, 5.74) is -0.397. The number of carbonyl (C=O) groups is 3. The number of hydrogen-bond donors (Lipinski definition) is 0. The van der Waals surface area contributed by atoms with Crippen molar-refractivity contribution in [3.05, 3.63) is 40.4 Å². The van der Waals surface area contributed by atoms with Crippen molar-refractivity contribution in [1.82, 2.24) is 19.4 Å². The number of rotatable bonds is 12. The minimum Gasteiger partial charge on any atom is -0.464 e. The van der Waals surface area contributed by atoms with Crippen molar-refractivity contribution in [2.75, 3.05) is 19.7 Å². The summed E-state index contributed by atoms with van der Waals surface area (Å²) in [4.78, 5) is 61.2. The Morgan fingerprint density at radius 2 is 1.76 bits per heavy atom. The Labute approximate surface area is 243 Å². The molecule has 1 aliphatic rings. The Bertz CT molecular complexity index is 1270. The number of unbranched alkanes of at least 4 members (excludes halogenated alkanes) is 4. The van der Waals surface area contributed by atoms with Crippen molar-refractivity contribution in [2.24, 2.45) is 0 Å². The number of aromatic nitrogens is 2. The van der Waals surface area contributed by atoms with E-state index in [1.54, 1.807) is 50.8 Å². The molecule has 2 heterocycles. The molecule has 0 spiro atoms. The quantitative estimate of drug-likeness (QED) is 0.269. The van der Waals surface area contributed by atoms with Crippen LogP contribution in [0, 0.1) is 0 Å². The van der Waals surface area contributed by atoms with Crippen molar-refractivity contribution in [1.29, 1.82) is 0 Å². The highest BCUT2D eigenvalue weighted by atomic mass is 16.6. The lowest BCUT2D eigenvalue weighted by Gasteiger charge is -2.30. The number of nitrogens with zero attached hydrogens (tertiary/aromatic N) is 4. The number of carbonyl (C=O) groups excluding carboxylic acids is 3. The van der Waals surface area contributed by atoms with Gasteiger partial charge >= 0.3 is 12.1 Å². The van der Waals surface area contributed by atoms with Gasteiger partial charge in [0, 0.05) is 25.9 Å². The number of likely N-dealkylation sites (tertiary alicyclic amines) is 1. The molecule has 1 aromatic carbocycles. The zero-order valence-electron chi connectivity index (χ0n) is 25.5. The number of esters is 1. The van der Waals surface area contributed by atoms with Crippen LogP contribution in [0.5, 0.6) is 0 Å². The molecule has 41 heavy (non-hydrogen) atoms. The largest absolute Gasteiger partial charge is 0.464 e. The van der Waals surface area contributed by atoms with Gasteiger partial charge in [0.2, 0.25) is 5.91 Å². The minimum absolute atomic E-state index is 0.143. The molecule has 10 nitrogen and oxygen atoms in total. The molecular formula is C31H46N4O6. The number of fused-ring (bicyclic) bond motifs is 1. The van der Waals surface area contributed by atoms with E-state index in [0.717, 1.165) is 32.1 Å². The average Bonchev–Trinajstić information content (AvgIpc) is 3.37. The molecule has 2 aromatic rings. The van der Waals surface area contributed by atoms with E-state index in [4.69, 9.17) is 9.47 Å². The fraction of sp³-hybridized carbons (Fsp3) is 0.645. The highest BCUT2D eigenvalue weighted by Gasteiger charge is 2.45. The Balaban J connectivity index is 1.92. The van der Waals surface area contributed by atoms with E-state index in [1.165, 1.54) is 9.47 Å². The third kappa shape index (κ3) is 8.30. The van der Waals surface area contributed by atoms with Crippen LogP contribution in [0.15, 0.2) is 29.1 Å². The van der Waals surface area contributed by atoms with Gasteiger partial charge in [0.25, 0.3) is 5.56 Å². The molecule has 1 fully saturated rings. The van der Waals surface area contributed by atoms with Crippen LogP contribution in [0.1, 0.15) is 85.9 Å². The first-order valence-electron chi connectivity index (χ1n) is 14.9. The Hall–Kier alpha value is -3.43. The summed E-state index contributed by atoms with van der Waals surface area (Å²) >= 11 is 0. The molecule has 1 saturated heterocycles. The van der Waals surface area contributed by atoms with E-state index < -0.39 is 29.7 Å². The molecule has 1 aliphatic heterocycles. The molecule has 10 heteroatoms. The lowest BCUT2D eigenvalue weighted by molar-refractivity contribution is -0.148. The van der Waals surface area contributed by atoms with E-state index in [1.807, 2.05) is 13.0 Å². The van der Waals surface area contributed by atoms with Gasteiger partial charge in [0.05, 0.1) is 23.6 Å². The minimum atomic E-state index is -0.860. The summed E-state index contributed by atoms with van der Waals surface area (Å²) in [6.45, 7) is 11.7. The van der Waals surface area contributed by atoms with Crippen molar-refractivity contribution in [3.8, 4) is 0 Å². The van der Waals surface area contributed by atoms with Crippen molar-refractivity contribution in [3.63, 3.8) is 0 Å². The number of benzene rings is 1. The maximum Gasteiger partial charge on any atom is 0.411 e. The average molecular weight is 571 g/mol. The lowest BCUT2D eigenvalue weighted by Crippen LogP contribution is -2.47. The van der Waals surface area contributed by atoms with Crippen LogP contribution in [-0.2, 0) is 32.0 Å². The van der Waals surface area contributed by atoms with Gasteiger partial charge in [0.15, 0.2) is 0 Å². The van der Waals surface area contributed by atoms with Crippen molar-refractivity contribution >= 4 is 28.9 Å². The van der Waals surface area contributed by atoms with Crippen LogP contribution in [0.25, 0.3) is 10.9 Å². The van der Waals surface area contributed by atoms with Crippen LogP contribution >= 0.6 is 0 Å². The van der Waals surface area contributed by atoms with E-state index in [2.05, 4.69) is 11.9 Å². The standard InChI is InChI=1S/C31H46N4O6/c1-7-10-11-12-15-18-33(22-19-25(29(38)40-9-3)34(20-22)30(39)41-31(4,5)6)27(36)21-35-26(8-2)32-24-17-14-13-16-23(24)28(35)37/h13-14,16-17,22,25H,7-12,15,18-21H2,1-6H3/t22-,25-/m0/s1. The fourth-order valence-corrected chi connectivity index (χ4v) is 5.29. The van der Waals surface area contributed by atoms with Crippen LogP contribution in [-0.4, -0.2) is 74.7 Å². The van der Waals surface area contributed by atoms with E-state index in [-0.39, 0.29) is 37.6 Å². The molecular weight excluding hydrogens is 524 g/mol. The summed E-state index contributed by atoms with van der Waals surface area (Å²) in [6.07, 6.45) is 5.14. The number of aryl methyl sites for hydroxylation is 1. The van der Waals surface area contributed by atoms with Gasteiger partial charge in [-0.05, 0) is 46.2 Å². The first-order chi connectivity index (χ1) is 19.5. The SMILES string of the molecule is CCCCCCCN(C(=O)Cn1c(CC)nc2ccccc2c1=O)[C@H]1C[C@@H](C(=O)OCC)N(C(=O)OC(C)(C)C)C1. The van der Waals surface area contributed by atoms with Gasteiger partial charge in [-0.3, -0.25) is 19.1 Å². The number of ether oxygens (including phenoxy) is 2. The van der Waals surface area contributed by atoms with Gasteiger partial charge in [-0.2, -0.15) is 0 Å². The van der Waals surface area contributed by atoms with Crippen molar-refractivity contribution < 1.29 is 23.9 Å².